The second-order valence-corrected chi connectivity index (χ2v) is 3.23. The molecule has 0 amide bonds. The van der Waals surface area contributed by atoms with Gasteiger partial charge in [0.05, 0.1) is 6.07 Å². The van der Waals surface area contributed by atoms with Crippen LogP contribution in [0.15, 0.2) is 18.2 Å². The molecule has 0 bridgehead atoms. The third-order valence-electron chi connectivity index (χ3n) is 1.32. The highest BCUT2D eigenvalue weighted by atomic mass is 16.6. The maximum atomic E-state index is 9.81. The van der Waals surface area contributed by atoms with E-state index in [2.05, 4.69) is 9.72 Å². The van der Waals surface area contributed by atoms with E-state index in [-0.39, 0.29) is 0 Å². The lowest BCUT2D eigenvalue weighted by atomic mass is 10.3. The molecule has 0 saturated heterocycles. The molecule has 0 aliphatic rings. The van der Waals surface area contributed by atoms with E-state index in [1.165, 1.54) is 20.8 Å². The monoisotopic (exact) mass is 250 g/mol. The largest absolute Gasteiger partial charge is 0.394 e. The van der Waals surface area contributed by atoms with Crippen LogP contribution in [0, 0.1) is 25.2 Å². The first-order valence-corrected chi connectivity index (χ1v) is 5.23. The molecular formula is C13H18N2O3. The predicted octanol–water partition coefficient (Wildman–Crippen LogP) is 2.32. The molecule has 0 fully saturated rings. The number of hydrogen-bond donors (Lipinski definition) is 0. The summed E-state index contributed by atoms with van der Waals surface area (Å²) < 4.78 is 3.97. The Balaban J connectivity index is 0. The molecule has 0 unspecified atom stereocenters. The Kier molecular flexibility index (Phi) is 11.4. The van der Waals surface area contributed by atoms with Crippen LogP contribution in [0.5, 0.6) is 0 Å². The van der Waals surface area contributed by atoms with E-state index in [1.807, 2.05) is 32.0 Å². The molecular weight excluding hydrogens is 232 g/mol. The zero-order chi connectivity index (χ0) is 14.6. The number of carbonyl (C=O) groups is 2. The van der Waals surface area contributed by atoms with E-state index < -0.39 is 11.9 Å². The number of carbonyl (C=O) groups excluding carboxylic acids is 2. The number of nitrogens with zero attached hydrogens (tertiary/aromatic N) is 2. The van der Waals surface area contributed by atoms with Gasteiger partial charge < -0.3 is 4.74 Å². The van der Waals surface area contributed by atoms with Crippen molar-refractivity contribution in [3.63, 3.8) is 0 Å². The summed E-state index contributed by atoms with van der Waals surface area (Å²) in [6.07, 6.45) is 0. The van der Waals surface area contributed by atoms with Crippen molar-refractivity contribution in [2.24, 2.45) is 0 Å². The molecule has 5 heteroatoms. The minimum atomic E-state index is -0.562. The number of nitriles is 1. The molecule has 5 nitrogen and oxygen atoms in total. The minimum absolute atomic E-state index is 0.562. The maximum Gasteiger partial charge on any atom is 0.310 e. The van der Waals surface area contributed by atoms with Crippen LogP contribution in [0.3, 0.4) is 0 Å². The lowest BCUT2D eigenvalue weighted by molar-refractivity contribution is -0.156. The van der Waals surface area contributed by atoms with E-state index in [0.717, 1.165) is 11.4 Å². The van der Waals surface area contributed by atoms with Crippen molar-refractivity contribution in [2.75, 3.05) is 0 Å². The average molecular weight is 250 g/mol. The molecule has 18 heavy (non-hydrogen) atoms. The van der Waals surface area contributed by atoms with E-state index in [9.17, 15) is 9.59 Å². The van der Waals surface area contributed by atoms with Crippen LogP contribution < -0.4 is 0 Å². The van der Waals surface area contributed by atoms with E-state index in [4.69, 9.17) is 5.26 Å². The quantitative estimate of drug-likeness (QED) is 0.521. The molecule has 0 aliphatic heterocycles. The normalized spacial score (nSPS) is 7.56. The number of hydrogen-bond acceptors (Lipinski definition) is 5. The van der Waals surface area contributed by atoms with Gasteiger partial charge in [-0.3, -0.25) is 14.6 Å². The lowest BCUT2D eigenvalue weighted by Crippen LogP contribution is -2.03. The summed E-state index contributed by atoms with van der Waals surface area (Å²) in [5.41, 5.74) is 2.18. The van der Waals surface area contributed by atoms with Crippen molar-refractivity contribution in [3.8, 4) is 6.07 Å². The molecule has 1 heterocycles. The number of aromatic nitrogens is 1. The molecule has 0 radical (unpaired) electrons. The van der Waals surface area contributed by atoms with Crippen molar-refractivity contribution in [3.05, 3.63) is 29.6 Å². The Labute approximate surface area is 107 Å². The van der Waals surface area contributed by atoms with Gasteiger partial charge >= 0.3 is 11.9 Å². The summed E-state index contributed by atoms with van der Waals surface area (Å²) in [4.78, 5) is 23.8. The molecule has 0 atom stereocenters. The first kappa shape index (κ1) is 18.2. The van der Waals surface area contributed by atoms with Crippen LogP contribution in [-0.4, -0.2) is 16.9 Å². The van der Waals surface area contributed by atoms with Gasteiger partial charge in [0.15, 0.2) is 0 Å². The summed E-state index contributed by atoms with van der Waals surface area (Å²) >= 11 is 0. The summed E-state index contributed by atoms with van der Waals surface area (Å²) in [5, 5.41) is 7.32. The molecule has 0 N–H and O–H groups in total. The second kappa shape index (κ2) is 11.3. The first-order chi connectivity index (χ1) is 8.33. The SMILES string of the molecule is CC#N.CC(=O)OC(C)=O.Cc1cccc(C)n1. The van der Waals surface area contributed by atoms with Crippen molar-refractivity contribution in [1.82, 2.24) is 4.98 Å². The van der Waals surface area contributed by atoms with Gasteiger partial charge in [0.2, 0.25) is 0 Å². The molecule has 0 saturated carbocycles. The molecule has 1 aromatic rings. The number of rotatable bonds is 0. The Hall–Kier alpha value is -2.22. The van der Waals surface area contributed by atoms with Crippen molar-refractivity contribution in [1.29, 1.82) is 5.26 Å². The van der Waals surface area contributed by atoms with Crippen molar-refractivity contribution >= 4 is 11.9 Å². The van der Waals surface area contributed by atoms with Crippen molar-refractivity contribution in [2.45, 2.75) is 34.6 Å². The standard InChI is InChI=1S/C7H9N.C4H6O3.C2H3N/c1-6-4-3-5-7(2)8-6;1-3(5)7-4(2)6;1-2-3/h3-5H,1-2H3;1-2H3;1H3. The van der Waals surface area contributed by atoms with Gasteiger partial charge in [0, 0.05) is 32.2 Å². The van der Waals surface area contributed by atoms with Crippen LogP contribution in [0.1, 0.15) is 32.2 Å². The molecule has 0 spiro atoms. The summed E-state index contributed by atoms with van der Waals surface area (Å²) in [6.45, 7) is 7.78. The zero-order valence-electron chi connectivity index (χ0n) is 11.4. The minimum Gasteiger partial charge on any atom is -0.394 e. The van der Waals surface area contributed by atoms with Gasteiger partial charge in [0.1, 0.15) is 0 Å². The molecule has 1 rings (SSSR count). The molecule has 98 valence electrons. The van der Waals surface area contributed by atoms with Gasteiger partial charge in [-0.15, -0.1) is 0 Å². The fraction of sp³-hybridized carbons (Fsp3) is 0.385. The van der Waals surface area contributed by atoms with Gasteiger partial charge in [0.25, 0.3) is 0 Å². The first-order valence-electron chi connectivity index (χ1n) is 5.23. The van der Waals surface area contributed by atoms with Crippen LogP contribution in [0.4, 0.5) is 0 Å². The predicted molar refractivity (Wildman–Crippen MR) is 67.4 cm³/mol. The number of pyridine rings is 1. The zero-order valence-corrected chi connectivity index (χ0v) is 11.4. The number of aryl methyl sites for hydroxylation is 2. The van der Waals surface area contributed by atoms with Crippen LogP contribution >= 0.6 is 0 Å². The highest BCUT2D eigenvalue weighted by Crippen LogP contribution is 1.93. The van der Waals surface area contributed by atoms with E-state index in [1.54, 1.807) is 6.07 Å². The fourth-order valence-electron chi connectivity index (χ4n) is 0.882. The van der Waals surface area contributed by atoms with Gasteiger partial charge in [-0.2, -0.15) is 5.26 Å². The van der Waals surface area contributed by atoms with Gasteiger partial charge in [-0.25, -0.2) is 0 Å². The highest BCUT2D eigenvalue weighted by Gasteiger charge is 1.93. The fourth-order valence-corrected chi connectivity index (χ4v) is 0.882. The average Bonchev–Trinajstić information content (AvgIpc) is 2.16. The number of esters is 2. The lowest BCUT2D eigenvalue weighted by Gasteiger charge is -1.90. The molecule has 0 aliphatic carbocycles. The van der Waals surface area contributed by atoms with Crippen LogP contribution in [-0.2, 0) is 14.3 Å². The Bertz CT molecular complexity index is 393. The van der Waals surface area contributed by atoms with Gasteiger partial charge in [-0.1, -0.05) is 6.07 Å². The molecule has 1 aromatic heterocycles. The number of ether oxygens (including phenoxy) is 1. The topological polar surface area (TPSA) is 80.0 Å². The Morgan fingerprint density at radius 3 is 1.61 bits per heavy atom. The summed E-state index contributed by atoms with van der Waals surface area (Å²) in [6, 6.07) is 7.75. The Morgan fingerprint density at radius 1 is 1.17 bits per heavy atom. The Morgan fingerprint density at radius 2 is 1.50 bits per heavy atom. The third kappa shape index (κ3) is 16.2. The van der Waals surface area contributed by atoms with Gasteiger partial charge in [-0.05, 0) is 26.0 Å². The maximum absolute atomic E-state index is 9.81. The third-order valence-corrected chi connectivity index (χ3v) is 1.32. The van der Waals surface area contributed by atoms with Crippen LogP contribution in [0.25, 0.3) is 0 Å². The van der Waals surface area contributed by atoms with E-state index >= 15 is 0 Å². The highest BCUT2D eigenvalue weighted by molar-refractivity contribution is 5.82. The summed E-state index contributed by atoms with van der Waals surface area (Å²) in [7, 11) is 0. The second-order valence-electron chi connectivity index (χ2n) is 3.23. The van der Waals surface area contributed by atoms with Crippen molar-refractivity contribution < 1.29 is 14.3 Å². The summed E-state index contributed by atoms with van der Waals surface area (Å²) in [5.74, 6) is -1.12. The molecule has 0 aromatic carbocycles. The van der Waals surface area contributed by atoms with Crippen LogP contribution in [0.2, 0.25) is 0 Å². The smallest absolute Gasteiger partial charge is 0.310 e. The van der Waals surface area contributed by atoms with E-state index in [0.29, 0.717) is 0 Å².